The third kappa shape index (κ3) is 2.37. The summed E-state index contributed by atoms with van der Waals surface area (Å²) in [5.74, 6) is 0.261. The molecule has 2 aromatic carbocycles. The van der Waals surface area contributed by atoms with E-state index in [0.29, 0.717) is 28.2 Å². The Labute approximate surface area is 130 Å². The smallest absolute Gasteiger partial charge is 0.165 e. The molecule has 3 aromatic rings. The largest absolute Gasteiger partial charge is 0.494 e. The second kappa shape index (κ2) is 5.65. The Morgan fingerprint density at radius 2 is 2.05 bits per heavy atom. The zero-order valence-corrected chi connectivity index (χ0v) is 12.4. The Bertz CT molecular complexity index is 856. The van der Waals surface area contributed by atoms with E-state index in [-0.39, 0.29) is 10.7 Å². The van der Waals surface area contributed by atoms with E-state index in [1.807, 2.05) is 0 Å². The summed E-state index contributed by atoms with van der Waals surface area (Å²) in [6, 6.07) is 8.11. The maximum absolute atomic E-state index is 14.1. The van der Waals surface area contributed by atoms with Crippen LogP contribution in [0.25, 0.3) is 10.9 Å². The molecule has 0 radical (unpaired) electrons. The van der Waals surface area contributed by atoms with Crippen molar-refractivity contribution in [3.8, 4) is 5.75 Å². The van der Waals surface area contributed by atoms with Crippen molar-refractivity contribution in [2.45, 2.75) is 0 Å². The first-order valence-corrected chi connectivity index (χ1v) is 6.78. The molecule has 0 aliphatic rings. The number of benzene rings is 2. The number of aromatic nitrogens is 2. The Balaban J connectivity index is 2.19. The average molecular weight is 319 g/mol. The second-order valence-corrected chi connectivity index (χ2v) is 4.94. The maximum atomic E-state index is 14.1. The number of ether oxygens (including phenoxy) is 1. The molecule has 112 valence electrons. The van der Waals surface area contributed by atoms with Gasteiger partial charge in [0.2, 0.25) is 0 Å². The van der Waals surface area contributed by atoms with Crippen LogP contribution in [-0.4, -0.2) is 17.1 Å². The molecular formula is C15H12ClFN4O. The third-order valence-corrected chi connectivity index (χ3v) is 3.49. The van der Waals surface area contributed by atoms with Gasteiger partial charge in [-0.15, -0.1) is 0 Å². The van der Waals surface area contributed by atoms with Crippen LogP contribution in [0.4, 0.5) is 21.6 Å². The molecular weight excluding hydrogens is 307 g/mol. The molecule has 0 aliphatic carbocycles. The highest BCUT2D eigenvalue weighted by atomic mass is 35.5. The van der Waals surface area contributed by atoms with E-state index in [2.05, 4.69) is 15.3 Å². The Morgan fingerprint density at radius 3 is 2.82 bits per heavy atom. The van der Waals surface area contributed by atoms with Crippen LogP contribution < -0.4 is 15.8 Å². The van der Waals surface area contributed by atoms with Crippen molar-refractivity contribution >= 4 is 39.7 Å². The van der Waals surface area contributed by atoms with E-state index in [0.717, 1.165) is 0 Å². The normalized spacial score (nSPS) is 10.7. The van der Waals surface area contributed by atoms with Crippen molar-refractivity contribution in [2.24, 2.45) is 0 Å². The van der Waals surface area contributed by atoms with Crippen LogP contribution in [0.3, 0.4) is 0 Å². The molecule has 1 aromatic heterocycles. The van der Waals surface area contributed by atoms with Crippen molar-refractivity contribution in [3.05, 3.63) is 47.5 Å². The van der Waals surface area contributed by atoms with Gasteiger partial charge in [-0.25, -0.2) is 14.4 Å². The molecule has 5 nitrogen and oxygen atoms in total. The molecule has 3 rings (SSSR count). The fourth-order valence-corrected chi connectivity index (χ4v) is 2.36. The highest BCUT2D eigenvalue weighted by Crippen LogP contribution is 2.36. The van der Waals surface area contributed by atoms with Crippen LogP contribution in [0.15, 0.2) is 36.7 Å². The lowest BCUT2D eigenvalue weighted by molar-refractivity contribution is 0.422. The fraction of sp³-hybridized carbons (Fsp3) is 0.0667. The lowest BCUT2D eigenvalue weighted by atomic mass is 10.1. The first-order chi connectivity index (χ1) is 10.6. The number of rotatable bonds is 3. The SMILES string of the molecule is COc1c(N)ccc2ncnc(Nc3cccc(Cl)c3F)c12. The van der Waals surface area contributed by atoms with Gasteiger partial charge in [0.15, 0.2) is 11.6 Å². The summed E-state index contributed by atoms with van der Waals surface area (Å²) < 4.78 is 19.4. The number of hydrogen-bond donors (Lipinski definition) is 2. The molecule has 0 saturated carbocycles. The van der Waals surface area contributed by atoms with Gasteiger partial charge in [0.05, 0.1) is 34.4 Å². The predicted molar refractivity (Wildman–Crippen MR) is 85.2 cm³/mol. The molecule has 0 aliphatic heterocycles. The van der Waals surface area contributed by atoms with Gasteiger partial charge in [-0.05, 0) is 24.3 Å². The number of nitrogens with one attached hydrogen (secondary N) is 1. The van der Waals surface area contributed by atoms with Crippen molar-refractivity contribution in [3.63, 3.8) is 0 Å². The van der Waals surface area contributed by atoms with E-state index >= 15 is 0 Å². The maximum Gasteiger partial charge on any atom is 0.165 e. The molecule has 1 heterocycles. The summed E-state index contributed by atoms with van der Waals surface area (Å²) in [5, 5.41) is 3.51. The van der Waals surface area contributed by atoms with Crippen molar-refractivity contribution in [1.82, 2.24) is 9.97 Å². The number of nitrogens with two attached hydrogens (primary N) is 1. The topological polar surface area (TPSA) is 73.1 Å². The molecule has 0 bridgehead atoms. The van der Waals surface area contributed by atoms with E-state index in [1.54, 1.807) is 24.3 Å². The quantitative estimate of drug-likeness (QED) is 0.719. The van der Waals surface area contributed by atoms with Crippen LogP contribution in [0, 0.1) is 5.82 Å². The molecule has 22 heavy (non-hydrogen) atoms. The lowest BCUT2D eigenvalue weighted by Gasteiger charge is -2.13. The highest BCUT2D eigenvalue weighted by molar-refractivity contribution is 6.31. The van der Waals surface area contributed by atoms with Crippen molar-refractivity contribution < 1.29 is 9.13 Å². The number of methoxy groups -OCH3 is 1. The molecule has 0 saturated heterocycles. The first kappa shape index (κ1) is 14.3. The molecule has 3 N–H and O–H groups in total. The Morgan fingerprint density at radius 1 is 1.23 bits per heavy atom. The number of nitrogens with zero attached hydrogens (tertiary/aromatic N) is 2. The summed E-state index contributed by atoms with van der Waals surface area (Å²) in [4.78, 5) is 8.32. The molecule has 0 atom stereocenters. The number of halogens is 2. The van der Waals surface area contributed by atoms with Crippen LogP contribution in [0.5, 0.6) is 5.75 Å². The molecule has 0 amide bonds. The van der Waals surface area contributed by atoms with Crippen LogP contribution in [0.2, 0.25) is 5.02 Å². The molecule has 0 spiro atoms. The summed E-state index contributed by atoms with van der Waals surface area (Å²) in [7, 11) is 1.50. The van der Waals surface area contributed by atoms with Gasteiger partial charge < -0.3 is 15.8 Å². The fourth-order valence-electron chi connectivity index (χ4n) is 2.18. The molecule has 0 unspecified atom stereocenters. The van der Waals surface area contributed by atoms with Crippen LogP contribution in [-0.2, 0) is 0 Å². The minimum absolute atomic E-state index is 0.0230. The highest BCUT2D eigenvalue weighted by Gasteiger charge is 2.14. The Kier molecular flexibility index (Phi) is 3.68. The van der Waals surface area contributed by atoms with Gasteiger partial charge in [-0.3, -0.25) is 0 Å². The van der Waals surface area contributed by atoms with Gasteiger partial charge in [0, 0.05) is 0 Å². The molecule has 7 heteroatoms. The van der Waals surface area contributed by atoms with Crippen molar-refractivity contribution in [2.75, 3.05) is 18.2 Å². The number of hydrogen-bond acceptors (Lipinski definition) is 5. The van der Waals surface area contributed by atoms with Crippen molar-refractivity contribution in [1.29, 1.82) is 0 Å². The monoisotopic (exact) mass is 318 g/mol. The standard InChI is InChI=1S/C15H12ClFN4O/c1-22-14-9(18)5-6-10-12(14)15(20-7-19-10)21-11-4-2-3-8(16)13(11)17/h2-7H,18H2,1H3,(H,19,20,21). The minimum atomic E-state index is -0.557. The number of nitrogen functional groups attached to an aromatic ring is 1. The first-order valence-electron chi connectivity index (χ1n) is 6.40. The zero-order valence-electron chi connectivity index (χ0n) is 11.6. The van der Waals surface area contributed by atoms with E-state index in [9.17, 15) is 4.39 Å². The van der Waals surface area contributed by atoms with Gasteiger partial charge in [-0.1, -0.05) is 17.7 Å². The van der Waals surface area contributed by atoms with Gasteiger partial charge in [0.1, 0.15) is 12.1 Å². The van der Waals surface area contributed by atoms with E-state index < -0.39 is 5.82 Å². The molecule has 0 fully saturated rings. The summed E-state index contributed by atoms with van der Waals surface area (Å²) >= 11 is 5.79. The van der Waals surface area contributed by atoms with E-state index in [4.69, 9.17) is 22.1 Å². The third-order valence-electron chi connectivity index (χ3n) is 3.20. The number of fused-ring (bicyclic) bond motifs is 1. The minimum Gasteiger partial charge on any atom is -0.494 e. The van der Waals surface area contributed by atoms with Gasteiger partial charge in [-0.2, -0.15) is 0 Å². The van der Waals surface area contributed by atoms with Gasteiger partial charge in [0.25, 0.3) is 0 Å². The van der Waals surface area contributed by atoms with E-state index in [1.165, 1.54) is 19.5 Å². The Hall–Kier alpha value is -2.60. The second-order valence-electron chi connectivity index (χ2n) is 4.53. The summed E-state index contributed by atoms with van der Waals surface area (Å²) in [5.41, 5.74) is 7.19. The van der Waals surface area contributed by atoms with Crippen LogP contribution in [0.1, 0.15) is 0 Å². The average Bonchev–Trinajstić information content (AvgIpc) is 2.52. The predicted octanol–water partition coefficient (Wildman–Crippen LogP) is 3.76. The summed E-state index contributed by atoms with van der Waals surface area (Å²) in [6.45, 7) is 0. The zero-order chi connectivity index (χ0) is 15.7. The number of anilines is 3. The lowest BCUT2D eigenvalue weighted by Crippen LogP contribution is -2.01. The summed E-state index contributed by atoms with van der Waals surface area (Å²) in [6.07, 6.45) is 1.38. The van der Waals surface area contributed by atoms with Gasteiger partial charge >= 0.3 is 0 Å². The van der Waals surface area contributed by atoms with Crippen LogP contribution >= 0.6 is 11.6 Å².